The summed E-state index contributed by atoms with van der Waals surface area (Å²) in [7, 11) is 0. The largest absolute Gasteiger partial charge is 0.292 e. The van der Waals surface area contributed by atoms with Crippen LogP contribution in [0.2, 0.25) is 0 Å². The number of hydrogen-bond acceptors (Lipinski definition) is 4. The minimum Gasteiger partial charge on any atom is -0.292 e. The molecule has 0 fully saturated rings. The third-order valence-corrected chi connectivity index (χ3v) is 4.25. The van der Waals surface area contributed by atoms with E-state index in [0.29, 0.717) is 24.3 Å². The Labute approximate surface area is 141 Å². The minimum absolute atomic E-state index is 0.132. The lowest BCUT2D eigenvalue weighted by molar-refractivity contribution is -0.384. The van der Waals surface area contributed by atoms with Gasteiger partial charge >= 0.3 is 0 Å². The number of aromatic nitrogens is 2. The first kappa shape index (κ1) is 15.2. The molecule has 0 amide bonds. The molecule has 0 bridgehead atoms. The van der Waals surface area contributed by atoms with Gasteiger partial charge in [-0.05, 0) is 41.8 Å². The van der Waals surface area contributed by atoms with E-state index in [-0.39, 0.29) is 22.5 Å². The molecule has 0 saturated carbocycles. The molecule has 0 radical (unpaired) electrons. The Hall–Kier alpha value is -3.35. The van der Waals surface area contributed by atoms with Crippen molar-refractivity contribution in [2.24, 2.45) is 0 Å². The summed E-state index contributed by atoms with van der Waals surface area (Å²) in [5.41, 5.74) is 1.71. The van der Waals surface area contributed by atoms with E-state index >= 15 is 0 Å². The van der Waals surface area contributed by atoms with Gasteiger partial charge in [0, 0.05) is 18.7 Å². The zero-order valence-corrected chi connectivity index (χ0v) is 13.0. The molecule has 6 nitrogen and oxygen atoms in total. The highest BCUT2D eigenvalue weighted by molar-refractivity contribution is 5.85. The van der Waals surface area contributed by atoms with Gasteiger partial charge in [0.15, 0.2) is 0 Å². The Morgan fingerprint density at radius 3 is 2.68 bits per heavy atom. The summed E-state index contributed by atoms with van der Waals surface area (Å²) in [6.07, 6.45) is 2.50. The predicted octanol–water partition coefficient (Wildman–Crippen LogP) is 3.39. The molecule has 0 aliphatic carbocycles. The number of non-ortho nitro benzene ring substituents is 1. The number of rotatable bonds is 2. The summed E-state index contributed by atoms with van der Waals surface area (Å²) in [5.74, 6) is 0.242. The molecule has 25 heavy (non-hydrogen) atoms. The monoisotopic (exact) mass is 337 g/mol. The van der Waals surface area contributed by atoms with Crippen LogP contribution in [0.1, 0.15) is 17.8 Å². The van der Waals surface area contributed by atoms with Crippen LogP contribution in [0.15, 0.2) is 47.3 Å². The Kier molecular flexibility index (Phi) is 3.42. The van der Waals surface area contributed by atoms with Gasteiger partial charge in [-0.2, -0.15) is 0 Å². The molecular weight excluding hydrogens is 325 g/mol. The predicted molar refractivity (Wildman–Crippen MR) is 91.5 cm³/mol. The first-order valence-electron chi connectivity index (χ1n) is 7.68. The highest BCUT2D eigenvalue weighted by Crippen LogP contribution is 2.28. The Bertz CT molecular complexity index is 1100. The molecule has 2 heterocycles. The fourth-order valence-electron chi connectivity index (χ4n) is 3.02. The molecular formula is C18H12FN3O3. The molecule has 7 heteroatoms. The molecule has 1 aliphatic rings. The number of allylic oxidation sites excluding steroid dienone is 1. The maximum atomic E-state index is 13.0. The van der Waals surface area contributed by atoms with Gasteiger partial charge in [-0.25, -0.2) is 9.37 Å². The van der Waals surface area contributed by atoms with E-state index in [1.165, 1.54) is 34.9 Å². The van der Waals surface area contributed by atoms with Crippen molar-refractivity contribution in [2.45, 2.75) is 13.0 Å². The quantitative estimate of drug-likeness (QED) is 0.530. The number of nitrogens with zero attached hydrogens (tertiary/aromatic N) is 3. The molecule has 1 aromatic heterocycles. The molecule has 1 aliphatic heterocycles. The number of fused-ring (bicyclic) bond motifs is 2. The van der Waals surface area contributed by atoms with E-state index in [0.717, 1.165) is 11.1 Å². The summed E-state index contributed by atoms with van der Waals surface area (Å²) in [6, 6.07) is 10.2. The Morgan fingerprint density at radius 2 is 1.96 bits per heavy atom. The van der Waals surface area contributed by atoms with Crippen LogP contribution in [0.3, 0.4) is 0 Å². The maximum absolute atomic E-state index is 13.0. The third kappa shape index (κ3) is 2.59. The summed E-state index contributed by atoms with van der Waals surface area (Å²) in [6.45, 7) is 0.465. The van der Waals surface area contributed by atoms with E-state index in [2.05, 4.69) is 4.98 Å². The summed E-state index contributed by atoms with van der Waals surface area (Å²) < 4.78 is 14.6. The van der Waals surface area contributed by atoms with Crippen molar-refractivity contribution in [3.63, 3.8) is 0 Å². The second-order valence-corrected chi connectivity index (χ2v) is 5.82. The highest BCUT2D eigenvalue weighted by Gasteiger charge is 2.22. The second-order valence-electron chi connectivity index (χ2n) is 5.82. The van der Waals surface area contributed by atoms with Crippen molar-refractivity contribution >= 4 is 28.2 Å². The molecule has 0 saturated heterocycles. The SMILES string of the molecule is O=c1c2cc([N+](=O)[O-])ccc2nc2n1CC/C2=C\c1ccc(F)cc1. The van der Waals surface area contributed by atoms with Gasteiger partial charge in [-0.15, -0.1) is 0 Å². The van der Waals surface area contributed by atoms with Gasteiger partial charge < -0.3 is 0 Å². The second kappa shape index (κ2) is 5.62. The standard InChI is InChI=1S/C18H12FN3O3/c19-13-3-1-11(2-4-13)9-12-7-8-21-17(12)20-16-6-5-14(22(24)25)10-15(16)18(21)23/h1-6,9-10H,7-8H2/b12-9+. The molecule has 0 atom stereocenters. The summed E-state index contributed by atoms with van der Waals surface area (Å²) >= 11 is 0. The molecule has 124 valence electrons. The van der Waals surface area contributed by atoms with Crippen molar-refractivity contribution < 1.29 is 9.31 Å². The van der Waals surface area contributed by atoms with Gasteiger partial charge in [0.05, 0.1) is 15.8 Å². The van der Waals surface area contributed by atoms with Gasteiger partial charge in [0.2, 0.25) is 0 Å². The number of nitro groups is 1. The molecule has 0 N–H and O–H groups in total. The van der Waals surface area contributed by atoms with Crippen molar-refractivity contribution in [3.05, 3.63) is 80.1 Å². The van der Waals surface area contributed by atoms with Crippen LogP contribution >= 0.6 is 0 Å². The molecule has 4 rings (SSSR count). The number of halogens is 1. The van der Waals surface area contributed by atoms with Gasteiger partial charge in [0.25, 0.3) is 11.2 Å². The lowest BCUT2D eigenvalue weighted by atomic mass is 10.1. The van der Waals surface area contributed by atoms with Gasteiger partial charge in [-0.1, -0.05) is 12.1 Å². The third-order valence-electron chi connectivity index (χ3n) is 4.25. The smallest absolute Gasteiger partial charge is 0.270 e. The fourth-order valence-corrected chi connectivity index (χ4v) is 3.02. The van der Waals surface area contributed by atoms with Crippen LogP contribution in [0, 0.1) is 15.9 Å². The Balaban J connectivity index is 1.87. The average Bonchev–Trinajstić information content (AvgIpc) is 3.00. The molecule has 2 aromatic carbocycles. The van der Waals surface area contributed by atoms with Crippen molar-refractivity contribution in [1.29, 1.82) is 0 Å². The van der Waals surface area contributed by atoms with E-state index in [1.54, 1.807) is 12.1 Å². The van der Waals surface area contributed by atoms with Crippen LogP contribution < -0.4 is 5.56 Å². The normalized spacial score (nSPS) is 14.8. The first-order valence-corrected chi connectivity index (χ1v) is 7.68. The summed E-state index contributed by atoms with van der Waals surface area (Å²) in [5, 5.41) is 11.1. The number of benzene rings is 2. The summed E-state index contributed by atoms with van der Waals surface area (Å²) in [4.78, 5) is 27.5. The minimum atomic E-state index is -0.531. The van der Waals surface area contributed by atoms with E-state index in [4.69, 9.17) is 0 Å². The lowest BCUT2D eigenvalue weighted by Crippen LogP contribution is -2.20. The van der Waals surface area contributed by atoms with E-state index in [9.17, 15) is 19.3 Å². The van der Waals surface area contributed by atoms with Gasteiger partial charge in [-0.3, -0.25) is 19.5 Å². The van der Waals surface area contributed by atoms with Crippen LogP contribution in [0.5, 0.6) is 0 Å². The van der Waals surface area contributed by atoms with E-state index in [1.807, 2.05) is 6.08 Å². The van der Waals surface area contributed by atoms with Crippen LogP contribution in [-0.4, -0.2) is 14.5 Å². The Morgan fingerprint density at radius 1 is 1.20 bits per heavy atom. The maximum Gasteiger partial charge on any atom is 0.270 e. The number of nitro benzene ring substituents is 1. The molecule has 0 unspecified atom stereocenters. The van der Waals surface area contributed by atoms with Crippen LogP contribution in [0.25, 0.3) is 22.6 Å². The fraction of sp³-hybridized carbons (Fsp3) is 0.111. The zero-order valence-electron chi connectivity index (χ0n) is 13.0. The number of hydrogen-bond donors (Lipinski definition) is 0. The van der Waals surface area contributed by atoms with Gasteiger partial charge in [0.1, 0.15) is 11.6 Å². The van der Waals surface area contributed by atoms with E-state index < -0.39 is 4.92 Å². The highest BCUT2D eigenvalue weighted by atomic mass is 19.1. The average molecular weight is 337 g/mol. The lowest BCUT2D eigenvalue weighted by Gasteiger charge is -2.05. The van der Waals surface area contributed by atoms with Crippen molar-refractivity contribution in [3.8, 4) is 0 Å². The van der Waals surface area contributed by atoms with Crippen molar-refractivity contribution in [2.75, 3.05) is 0 Å². The van der Waals surface area contributed by atoms with Crippen LogP contribution in [0.4, 0.5) is 10.1 Å². The van der Waals surface area contributed by atoms with Crippen LogP contribution in [-0.2, 0) is 6.54 Å². The molecule has 3 aromatic rings. The first-order chi connectivity index (χ1) is 12.0. The van der Waals surface area contributed by atoms with Crippen molar-refractivity contribution in [1.82, 2.24) is 9.55 Å². The zero-order chi connectivity index (χ0) is 17.6. The molecule has 0 spiro atoms. The topological polar surface area (TPSA) is 78.0 Å².